The first-order valence-corrected chi connectivity index (χ1v) is 7.15. The Morgan fingerprint density at radius 2 is 1.25 bits per heavy atom. The van der Waals surface area contributed by atoms with Crippen LogP contribution in [0.25, 0.3) is 0 Å². The average molecular weight is 330 g/mol. The molecule has 0 aromatic heterocycles. The SMILES string of the molecule is CCCOC(F)(C(F)(F)C(F)(F)F)[Si](OC)(OC)OC. The van der Waals surface area contributed by atoms with Crippen LogP contribution in [0.3, 0.4) is 0 Å². The molecule has 11 heteroatoms. The Morgan fingerprint density at radius 3 is 1.50 bits per heavy atom. The smallest absolute Gasteiger partial charge is 0.373 e. The van der Waals surface area contributed by atoms with Crippen LogP contribution in [-0.4, -0.2) is 54.3 Å². The second-order valence-corrected chi connectivity index (χ2v) is 6.66. The largest absolute Gasteiger partial charge is 0.575 e. The highest BCUT2D eigenvalue weighted by molar-refractivity contribution is 6.63. The van der Waals surface area contributed by atoms with E-state index >= 15 is 0 Å². The zero-order valence-corrected chi connectivity index (χ0v) is 12.3. The zero-order chi connectivity index (χ0) is 16.2. The van der Waals surface area contributed by atoms with Crippen LogP contribution in [-0.2, 0) is 18.0 Å². The molecule has 0 bridgehead atoms. The first-order chi connectivity index (χ1) is 8.99. The number of hydrogen-bond donors (Lipinski definition) is 0. The third kappa shape index (κ3) is 2.96. The molecule has 1 unspecified atom stereocenters. The maximum Gasteiger partial charge on any atom is 0.575 e. The highest BCUT2D eigenvalue weighted by Crippen LogP contribution is 2.50. The molecule has 0 radical (unpaired) electrons. The van der Waals surface area contributed by atoms with Crippen molar-refractivity contribution in [3.63, 3.8) is 0 Å². The van der Waals surface area contributed by atoms with E-state index in [2.05, 4.69) is 18.0 Å². The molecule has 0 aromatic rings. The monoisotopic (exact) mass is 330 g/mol. The van der Waals surface area contributed by atoms with Crippen LogP contribution >= 0.6 is 0 Å². The fourth-order valence-corrected chi connectivity index (χ4v) is 3.53. The molecule has 4 nitrogen and oxygen atoms in total. The maximum absolute atomic E-state index is 14.6. The summed E-state index contributed by atoms with van der Waals surface area (Å²) in [5.74, 6) is -5.87. The van der Waals surface area contributed by atoms with Gasteiger partial charge in [-0.3, -0.25) is 0 Å². The normalized spacial score (nSPS) is 17.1. The van der Waals surface area contributed by atoms with Crippen LogP contribution < -0.4 is 0 Å². The summed E-state index contributed by atoms with van der Waals surface area (Å²) in [6.45, 7) is 0.703. The lowest BCUT2D eigenvalue weighted by atomic mass is 10.3. The number of ether oxygens (including phenoxy) is 1. The minimum Gasteiger partial charge on any atom is -0.373 e. The molecule has 0 saturated carbocycles. The topological polar surface area (TPSA) is 36.9 Å². The number of alkyl halides is 6. The molecule has 0 aromatic carbocycles. The zero-order valence-electron chi connectivity index (χ0n) is 11.3. The molecule has 0 aliphatic carbocycles. The van der Waals surface area contributed by atoms with Crippen molar-refractivity contribution in [2.75, 3.05) is 27.9 Å². The minimum absolute atomic E-state index is 0.00122. The Kier molecular flexibility index (Phi) is 6.48. The van der Waals surface area contributed by atoms with Gasteiger partial charge in [-0.25, -0.2) is 4.39 Å². The van der Waals surface area contributed by atoms with Gasteiger partial charge in [-0.05, 0) is 6.42 Å². The van der Waals surface area contributed by atoms with Gasteiger partial charge in [-0.15, -0.1) is 0 Å². The average Bonchev–Trinajstić information content (AvgIpc) is 2.37. The fraction of sp³-hybridized carbons (Fsp3) is 1.00. The van der Waals surface area contributed by atoms with E-state index in [1.54, 1.807) is 0 Å². The molecule has 0 N–H and O–H groups in total. The predicted molar refractivity (Wildman–Crippen MR) is 57.9 cm³/mol. The van der Waals surface area contributed by atoms with Crippen LogP contribution in [0.5, 0.6) is 0 Å². The summed E-state index contributed by atoms with van der Waals surface area (Å²) in [5.41, 5.74) is -4.59. The number of halogens is 6. The van der Waals surface area contributed by atoms with Crippen molar-refractivity contribution in [2.24, 2.45) is 0 Å². The maximum atomic E-state index is 14.6. The van der Waals surface area contributed by atoms with Gasteiger partial charge in [-0.1, -0.05) is 6.92 Å². The van der Waals surface area contributed by atoms with Gasteiger partial charge in [0, 0.05) is 21.3 Å². The molecule has 1 atom stereocenters. The molecular formula is C9H16F6O4Si. The summed E-state index contributed by atoms with van der Waals surface area (Å²) in [5, 5.41) is 0. The molecule has 0 aliphatic rings. The van der Waals surface area contributed by atoms with Gasteiger partial charge in [0.15, 0.2) is 0 Å². The highest BCUT2D eigenvalue weighted by atomic mass is 28.4. The summed E-state index contributed by atoms with van der Waals surface area (Å²) >= 11 is 0. The van der Waals surface area contributed by atoms with Gasteiger partial charge < -0.3 is 18.0 Å². The van der Waals surface area contributed by atoms with Crippen molar-refractivity contribution in [2.45, 2.75) is 30.9 Å². The second-order valence-electron chi connectivity index (χ2n) is 3.68. The molecule has 0 heterocycles. The molecule has 0 saturated heterocycles. The van der Waals surface area contributed by atoms with E-state index < -0.39 is 33.0 Å². The predicted octanol–water partition coefficient (Wildman–Crippen LogP) is 2.69. The summed E-state index contributed by atoms with van der Waals surface area (Å²) in [7, 11) is -3.00. The van der Waals surface area contributed by atoms with Crippen molar-refractivity contribution in [3.05, 3.63) is 0 Å². The molecule has 0 rings (SSSR count). The van der Waals surface area contributed by atoms with Gasteiger partial charge in [0.1, 0.15) is 0 Å². The van der Waals surface area contributed by atoms with E-state index in [9.17, 15) is 26.3 Å². The Balaban J connectivity index is 5.97. The van der Waals surface area contributed by atoms with Crippen LogP contribution in [0, 0.1) is 0 Å². The summed E-state index contributed by atoms with van der Waals surface area (Å²) in [6.07, 6.45) is -6.20. The van der Waals surface area contributed by atoms with Gasteiger partial charge in [0.05, 0.1) is 6.61 Å². The molecule has 122 valence electrons. The molecule has 0 spiro atoms. The fourth-order valence-electron chi connectivity index (χ4n) is 1.44. The number of hydrogen-bond acceptors (Lipinski definition) is 4. The standard InChI is InChI=1S/C9H16F6O4Si/c1-5-6-19-9(15,7(10,11)8(12,13)14)20(16-2,17-3)18-4/h5-6H2,1-4H3. The van der Waals surface area contributed by atoms with E-state index in [1.807, 2.05) is 0 Å². The van der Waals surface area contributed by atoms with Crippen LogP contribution in [0.4, 0.5) is 26.3 Å². The van der Waals surface area contributed by atoms with Crippen LogP contribution in [0.2, 0.25) is 0 Å². The summed E-state index contributed by atoms with van der Waals surface area (Å²) in [6, 6.07) is 0. The van der Waals surface area contributed by atoms with Crippen molar-refractivity contribution in [1.82, 2.24) is 0 Å². The van der Waals surface area contributed by atoms with E-state index in [-0.39, 0.29) is 6.42 Å². The molecule has 0 aliphatic heterocycles. The lowest BCUT2D eigenvalue weighted by molar-refractivity contribution is -0.370. The first-order valence-electron chi connectivity index (χ1n) is 5.42. The Hall–Kier alpha value is -0.363. The van der Waals surface area contributed by atoms with Gasteiger partial charge >= 0.3 is 26.4 Å². The van der Waals surface area contributed by atoms with E-state index in [4.69, 9.17) is 0 Å². The van der Waals surface area contributed by atoms with Gasteiger partial charge in [0.2, 0.25) is 0 Å². The quantitative estimate of drug-likeness (QED) is 0.506. The Bertz CT molecular complexity index is 297. The van der Waals surface area contributed by atoms with Gasteiger partial charge in [0.25, 0.3) is 0 Å². The number of rotatable bonds is 8. The van der Waals surface area contributed by atoms with Gasteiger partial charge in [-0.2, -0.15) is 22.0 Å². The van der Waals surface area contributed by atoms with Crippen molar-refractivity contribution >= 4 is 8.80 Å². The van der Waals surface area contributed by atoms with Crippen LogP contribution in [0.1, 0.15) is 13.3 Å². The molecule has 20 heavy (non-hydrogen) atoms. The van der Waals surface area contributed by atoms with Crippen molar-refractivity contribution in [1.29, 1.82) is 0 Å². The molecule has 0 amide bonds. The lowest BCUT2D eigenvalue weighted by Crippen LogP contribution is -2.73. The summed E-state index contributed by atoms with van der Waals surface area (Å²) in [4.78, 5) is 0. The lowest BCUT2D eigenvalue weighted by Gasteiger charge is -2.41. The van der Waals surface area contributed by atoms with E-state index in [1.165, 1.54) is 6.92 Å². The van der Waals surface area contributed by atoms with Crippen molar-refractivity contribution in [3.8, 4) is 0 Å². The van der Waals surface area contributed by atoms with Crippen LogP contribution in [0.15, 0.2) is 0 Å². The van der Waals surface area contributed by atoms with E-state index in [0.717, 1.165) is 0 Å². The highest BCUT2D eigenvalue weighted by Gasteiger charge is 2.84. The Labute approximate surface area is 113 Å². The molecular weight excluding hydrogens is 314 g/mol. The van der Waals surface area contributed by atoms with Crippen molar-refractivity contribution < 1.29 is 44.4 Å². The summed E-state index contributed by atoms with van der Waals surface area (Å²) < 4.78 is 96.4. The Morgan fingerprint density at radius 1 is 0.850 bits per heavy atom. The second kappa shape index (κ2) is 6.60. The third-order valence-corrected chi connectivity index (χ3v) is 5.32. The first kappa shape index (κ1) is 19.6. The van der Waals surface area contributed by atoms with E-state index in [0.29, 0.717) is 21.3 Å². The third-order valence-electron chi connectivity index (χ3n) is 2.46. The minimum atomic E-state index is -6.21. The molecule has 0 fully saturated rings.